The molecule has 1 aliphatic carbocycles. The summed E-state index contributed by atoms with van der Waals surface area (Å²) in [5, 5.41) is 12.0. The number of aryl methyl sites for hydroxylation is 1. The molecule has 0 radical (unpaired) electrons. The molecule has 1 aromatic carbocycles. The molecule has 0 atom stereocenters. The Morgan fingerprint density at radius 1 is 1.17 bits per heavy atom. The molecule has 1 saturated heterocycles. The number of hydrogen-bond acceptors (Lipinski definition) is 7. The molecule has 4 rings (SSSR count). The largest absolute Gasteiger partial charge is 0.478 e. The Labute approximate surface area is 213 Å². The van der Waals surface area contributed by atoms with E-state index in [0.29, 0.717) is 40.7 Å². The molecule has 10 heteroatoms. The van der Waals surface area contributed by atoms with Crippen molar-refractivity contribution in [1.29, 1.82) is 0 Å². The van der Waals surface area contributed by atoms with Crippen molar-refractivity contribution >= 4 is 33.1 Å². The summed E-state index contributed by atoms with van der Waals surface area (Å²) in [5.41, 5.74) is 2.87. The van der Waals surface area contributed by atoms with Gasteiger partial charge in [-0.1, -0.05) is 13.3 Å². The van der Waals surface area contributed by atoms with E-state index >= 15 is 0 Å². The lowest BCUT2D eigenvalue weighted by Gasteiger charge is -2.35. The fraction of sp³-hybridized carbons (Fsp3) is 0.538. The van der Waals surface area contributed by atoms with Gasteiger partial charge in [-0.3, -0.25) is 9.52 Å². The first-order chi connectivity index (χ1) is 17.2. The number of ether oxygens (including phenoxy) is 1. The van der Waals surface area contributed by atoms with Crippen LogP contribution in [0.2, 0.25) is 0 Å². The number of aliphatic hydroxyl groups is 1. The van der Waals surface area contributed by atoms with E-state index in [2.05, 4.69) is 26.8 Å². The number of piperidine rings is 1. The van der Waals surface area contributed by atoms with E-state index in [1.165, 1.54) is 12.8 Å². The number of carbonyl (C=O) groups excluding carboxylic acids is 1. The number of amides is 1. The molecule has 0 unspecified atom stereocenters. The van der Waals surface area contributed by atoms with Crippen molar-refractivity contribution in [2.24, 2.45) is 5.41 Å². The zero-order valence-electron chi connectivity index (χ0n) is 21.0. The molecule has 1 aliphatic heterocycles. The number of anilines is 3. The van der Waals surface area contributed by atoms with Crippen molar-refractivity contribution < 1.29 is 23.1 Å². The summed E-state index contributed by atoms with van der Waals surface area (Å²) in [7, 11) is -3.68. The summed E-state index contributed by atoms with van der Waals surface area (Å²) in [6.45, 7) is 5.73. The average Bonchev–Trinajstić information content (AvgIpc) is 3.57. The molecule has 9 nitrogen and oxygen atoms in total. The van der Waals surface area contributed by atoms with Crippen LogP contribution in [-0.4, -0.2) is 56.5 Å². The number of aromatic nitrogens is 1. The predicted octanol–water partition coefficient (Wildman–Crippen LogP) is 3.94. The topological polar surface area (TPSA) is 121 Å². The monoisotopic (exact) mass is 516 g/mol. The maximum atomic E-state index is 13.4. The van der Waals surface area contributed by atoms with E-state index in [1.807, 2.05) is 13.0 Å². The van der Waals surface area contributed by atoms with E-state index in [9.17, 15) is 13.2 Å². The highest BCUT2D eigenvalue weighted by molar-refractivity contribution is 7.92. The van der Waals surface area contributed by atoms with Crippen LogP contribution in [-0.2, 0) is 10.0 Å². The number of rotatable bonds is 11. The Balaban J connectivity index is 1.58. The Morgan fingerprint density at radius 3 is 2.58 bits per heavy atom. The molecule has 1 amide bonds. The molecule has 36 heavy (non-hydrogen) atoms. The zero-order valence-corrected chi connectivity index (χ0v) is 21.9. The number of aliphatic hydroxyl groups excluding tert-OH is 1. The van der Waals surface area contributed by atoms with E-state index in [0.717, 1.165) is 44.3 Å². The van der Waals surface area contributed by atoms with Crippen molar-refractivity contribution in [3.63, 3.8) is 0 Å². The highest BCUT2D eigenvalue weighted by Crippen LogP contribution is 2.54. The molecular formula is C26H36N4O5S. The lowest BCUT2D eigenvalue weighted by molar-refractivity contribution is 0.102. The fourth-order valence-electron chi connectivity index (χ4n) is 4.58. The molecule has 0 bridgehead atoms. The van der Waals surface area contributed by atoms with Gasteiger partial charge in [-0.05, 0) is 74.3 Å². The third-order valence-electron chi connectivity index (χ3n) is 6.93. The average molecular weight is 517 g/mol. The molecular weight excluding hydrogens is 480 g/mol. The van der Waals surface area contributed by atoms with Gasteiger partial charge in [0.15, 0.2) is 0 Å². The van der Waals surface area contributed by atoms with Gasteiger partial charge < -0.3 is 20.1 Å². The molecule has 1 saturated carbocycles. The molecule has 1 spiro atoms. The van der Waals surface area contributed by atoms with E-state index < -0.39 is 22.4 Å². The van der Waals surface area contributed by atoms with E-state index in [4.69, 9.17) is 9.84 Å². The number of nitrogens with one attached hydrogen (secondary N) is 2. The maximum absolute atomic E-state index is 13.4. The number of nitrogens with zero attached hydrogens (tertiary/aromatic N) is 2. The molecule has 2 fully saturated rings. The molecule has 2 aromatic rings. The predicted molar refractivity (Wildman–Crippen MR) is 141 cm³/mol. The van der Waals surface area contributed by atoms with Gasteiger partial charge in [-0.2, -0.15) is 4.98 Å². The fourth-order valence-corrected chi connectivity index (χ4v) is 5.40. The van der Waals surface area contributed by atoms with Crippen molar-refractivity contribution in [3.8, 4) is 5.88 Å². The summed E-state index contributed by atoms with van der Waals surface area (Å²) >= 11 is 0. The highest BCUT2D eigenvalue weighted by atomic mass is 32.2. The minimum absolute atomic E-state index is 0.320. The Kier molecular flexibility index (Phi) is 8.04. The van der Waals surface area contributed by atoms with Crippen LogP contribution in [0.4, 0.5) is 17.2 Å². The quantitative estimate of drug-likeness (QED) is 0.387. The molecule has 3 N–H and O–H groups in total. The van der Waals surface area contributed by atoms with Crippen LogP contribution >= 0.6 is 0 Å². The number of pyridine rings is 1. The molecule has 196 valence electrons. The number of carbonyl (C=O) groups is 1. The van der Waals surface area contributed by atoms with Crippen molar-refractivity contribution in [3.05, 3.63) is 41.5 Å². The van der Waals surface area contributed by atoms with Gasteiger partial charge in [-0.25, -0.2) is 8.42 Å². The van der Waals surface area contributed by atoms with Crippen LogP contribution in [0.5, 0.6) is 5.88 Å². The number of sulfonamides is 1. The lowest BCUT2D eigenvalue weighted by Crippen LogP contribution is -2.35. The standard InChI is InChI=1S/C26H36N4O5S/c1-3-4-14-35-24-17-19(2)16-23(27-24)28-25(32)21-6-5-20(29-36(33,34)15-13-31)18-22(21)30-11-9-26(7-8-26)10-12-30/h5-6,16-18,29,31H,3-4,7-15H2,1-2H3,(H,27,28,32). The second-order valence-electron chi connectivity index (χ2n) is 9.89. The van der Waals surface area contributed by atoms with Crippen LogP contribution in [0.15, 0.2) is 30.3 Å². The zero-order chi connectivity index (χ0) is 25.8. The minimum atomic E-state index is -3.68. The minimum Gasteiger partial charge on any atom is -0.478 e. The highest BCUT2D eigenvalue weighted by Gasteiger charge is 2.44. The lowest BCUT2D eigenvalue weighted by atomic mass is 9.93. The van der Waals surface area contributed by atoms with Crippen LogP contribution in [0.3, 0.4) is 0 Å². The van der Waals surface area contributed by atoms with Crippen LogP contribution in [0, 0.1) is 12.3 Å². The Morgan fingerprint density at radius 2 is 1.92 bits per heavy atom. The van der Waals surface area contributed by atoms with Gasteiger partial charge >= 0.3 is 0 Å². The van der Waals surface area contributed by atoms with Crippen LogP contribution < -0.4 is 19.7 Å². The van der Waals surface area contributed by atoms with Gasteiger partial charge in [0.05, 0.1) is 35.9 Å². The number of unbranched alkanes of at least 4 members (excludes halogenated alkanes) is 1. The van der Waals surface area contributed by atoms with Crippen LogP contribution in [0.25, 0.3) is 0 Å². The summed E-state index contributed by atoms with van der Waals surface area (Å²) in [4.78, 5) is 20.0. The first-order valence-electron chi connectivity index (χ1n) is 12.7. The summed E-state index contributed by atoms with van der Waals surface area (Å²) < 4.78 is 32.7. The van der Waals surface area contributed by atoms with Gasteiger partial charge in [0.1, 0.15) is 5.82 Å². The first kappa shape index (κ1) is 26.2. The third kappa shape index (κ3) is 6.67. The number of benzene rings is 1. The van der Waals surface area contributed by atoms with Crippen molar-refractivity contribution in [1.82, 2.24) is 4.98 Å². The van der Waals surface area contributed by atoms with Gasteiger partial charge in [-0.15, -0.1) is 0 Å². The Hall–Kier alpha value is -2.85. The summed E-state index contributed by atoms with van der Waals surface area (Å²) in [6.07, 6.45) is 6.58. The smallest absolute Gasteiger partial charge is 0.258 e. The summed E-state index contributed by atoms with van der Waals surface area (Å²) in [6, 6.07) is 8.54. The maximum Gasteiger partial charge on any atom is 0.258 e. The van der Waals surface area contributed by atoms with Gasteiger partial charge in [0, 0.05) is 19.2 Å². The summed E-state index contributed by atoms with van der Waals surface area (Å²) in [5.74, 6) is 0.164. The third-order valence-corrected chi connectivity index (χ3v) is 8.20. The van der Waals surface area contributed by atoms with E-state index in [1.54, 1.807) is 24.3 Å². The van der Waals surface area contributed by atoms with E-state index in [-0.39, 0.29) is 5.91 Å². The SMILES string of the molecule is CCCCOc1cc(C)cc(NC(=O)c2ccc(NS(=O)(=O)CCO)cc2N2CCC3(CC2)CC3)n1. The molecule has 2 heterocycles. The van der Waals surface area contributed by atoms with Gasteiger partial charge in [0.2, 0.25) is 15.9 Å². The Bertz CT molecular complexity index is 1190. The normalized spacial score (nSPS) is 16.6. The van der Waals surface area contributed by atoms with Crippen molar-refractivity contribution in [2.75, 3.05) is 47.0 Å². The van der Waals surface area contributed by atoms with Gasteiger partial charge in [0.25, 0.3) is 5.91 Å². The second-order valence-corrected chi connectivity index (χ2v) is 11.7. The first-order valence-corrected chi connectivity index (χ1v) is 14.3. The molecule has 2 aliphatic rings. The van der Waals surface area contributed by atoms with Crippen molar-refractivity contribution in [2.45, 2.75) is 52.4 Å². The second kappa shape index (κ2) is 11.0. The number of hydrogen-bond donors (Lipinski definition) is 3. The molecule has 1 aromatic heterocycles. The van der Waals surface area contributed by atoms with Crippen LogP contribution in [0.1, 0.15) is 61.4 Å².